The first-order chi connectivity index (χ1) is 12.2. The number of benzene rings is 1. The Bertz CT molecular complexity index is 626. The van der Waals surface area contributed by atoms with E-state index in [1.54, 1.807) is 0 Å². The Balaban J connectivity index is 0.00000243. The van der Waals surface area contributed by atoms with Gasteiger partial charge in [-0.15, -0.1) is 24.0 Å². The zero-order chi connectivity index (χ0) is 17.6. The van der Waals surface area contributed by atoms with Gasteiger partial charge in [0.1, 0.15) is 0 Å². The Morgan fingerprint density at radius 3 is 2.46 bits per heavy atom. The average molecular weight is 535 g/mol. The highest BCUT2D eigenvalue weighted by Gasteiger charge is 2.35. The summed E-state index contributed by atoms with van der Waals surface area (Å²) in [5.74, 6) is 2.59. The van der Waals surface area contributed by atoms with Gasteiger partial charge in [-0.3, -0.25) is 9.79 Å². The summed E-state index contributed by atoms with van der Waals surface area (Å²) in [6.07, 6.45) is 5.48. The van der Waals surface area contributed by atoms with E-state index in [0.29, 0.717) is 18.7 Å². The molecule has 1 saturated heterocycles. The Hall–Kier alpha value is -0.830. The predicted molar refractivity (Wildman–Crippen MR) is 120 cm³/mol. The molecule has 2 fully saturated rings. The number of carbonyl (C=O) groups is 1. The molecule has 1 saturated carbocycles. The van der Waals surface area contributed by atoms with Crippen molar-refractivity contribution in [3.63, 3.8) is 0 Å². The first kappa shape index (κ1) is 21.5. The van der Waals surface area contributed by atoms with Gasteiger partial charge in [0.05, 0.1) is 0 Å². The molecule has 1 aliphatic heterocycles. The van der Waals surface area contributed by atoms with E-state index in [9.17, 15) is 4.79 Å². The number of nitrogens with one attached hydrogen (secondary N) is 2. The molecule has 7 heteroatoms. The molecule has 1 amide bonds. The van der Waals surface area contributed by atoms with Gasteiger partial charge in [0.15, 0.2) is 5.96 Å². The number of guanidine groups is 1. The topological polar surface area (TPSA) is 56.7 Å². The maximum atomic E-state index is 12.1. The van der Waals surface area contributed by atoms with Crippen LogP contribution in [-0.4, -0.2) is 50.0 Å². The summed E-state index contributed by atoms with van der Waals surface area (Å²) >= 11 is 3.39. The van der Waals surface area contributed by atoms with Gasteiger partial charge in [0, 0.05) is 43.3 Å². The summed E-state index contributed by atoms with van der Waals surface area (Å²) in [7, 11) is 1.84. The van der Waals surface area contributed by atoms with Crippen LogP contribution in [0.15, 0.2) is 33.7 Å². The van der Waals surface area contributed by atoms with Crippen molar-refractivity contribution in [2.45, 2.75) is 25.7 Å². The number of hydrogen-bond donors (Lipinski definition) is 2. The molecule has 5 nitrogen and oxygen atoms in total. The highest BCUT2D eigenvalue weighted by molar-refractivity contribution is 14.0. The van der Waals surface area contributed by atoms with Crippen LogP contribution in [0.4, 0.5) is 0 Å². The molecule has 0 aromatic heterocycles. The second-order valence-electron chi connectivity index (χ2n) is 6.95. The highest BCUT2D eigenvalue weighted by Crippen LogP contribution is 2.35. The first-order valence-electron chi connectivity index (χ1n) is 9.16. The molecule has 2 atom stereocenters. The number of rotatable bonds is 4. The summed E-state index contributed by atoms with van der Waals surface area (Å²) in [5, 5.41) is 6.34. The van der Waals surface area contributed by atoms with E-state index in [0.717, 1.165) is 35.4 Å². The van der Waals surface area contributed by atoms with Gasteiger partial charge in [-0.05, 0) is 42.9 Å². The minimum Gasteiger partial charge on any atom is -0.354 e. The predicted octanol–water partition coefficient (Wildman–Crippen LogP) is 3.49. The Labute approximate surface area is 181 Å². The first-order valence-corrected chi connectivity index (χ1v) is 9.96. The number of fused-ring (bicyclic) bond motifs is 1. The molecule has 3 rings (SSSR count). The second-order valence-corrected chi connectivity index (χ2v) is 7.87. The third kappa shape index (κ3) is 5.58. The minimum atomic E-state index is -0.0507. The van der Waals surface area contributed by atoms with Gasteiger partial charge >= 0.3 is 0 Å². The lowest BCUT2D eigenvalue weighted by atomic mass is 9.82. The van der Waals surface area contributed by atoms with E-state index in [4.69, 9.17) is 0 Å². The molecule has 0 spiro atoms. The summed E-state index contributed by atoms with van der Waals surface area (Å²) in [6.45, 7) is 3.49. The normalized spacial score (nSPS) is 22.4. The van der Waals surface area contributed by atoms with Crippen LogP contribution in [0.3, 0.4) is 0 Å². The molecule has 0 bridgehead atoms. The van der Waals surface area contributed by atoms with Crippen LogP contribution in [0.5, 0.6) is 0 Å². The average Bonchev–Trinajstić information content (AvgIpc) is 3.05. The van der Waals surface area contributed by atoms with Crippen LogP contribution in [0.25, 0.3) is 0 Å². The third-order valence-corrected chi connectivity index (χ3v) is 5.76. The molecule has 1 aliphatic carbocycles. The Morgan fingerprint density at radius 1 is 1.19 bits per heavy atom. The monoisotopic (exact) mass is 534 g/mol. The molecule has 26 heavy (non-hydrogen) atoms. The van der Waals surface area contributed by atoms with Crippen molar-refractivity contribution >= 4 is 51.8 Å². The van der Waals surface area contributed by atoms with Crippen LogP contribution in [0, 0.1) is 11.8 Å². The fraction of sp³-hybridized carbons (Fsp3) is 0.579. The number of carbonyl (C=O) groups excluding carboxylic acids is 1. The van der Waals surface area contributed by atoms with Gasteiger partial charge in [-0.1, -0.05) is 34.8 Å². The maximum absolute atomic E-state index is 12.1. The van der Waals surface area contributed by atoms with Gasteiger partial charge in [0.2, 0.25) is 0 Å². The van der Waals surface area contributed by atoms with Crippen LogP contribution in [-0.2, 0) is 0 Å². The van der Waals surface area contributed by atoms with Crippen molar-refractivity contribution in [1.29, 1.82) is 0 Å². The van der Waals surface area contributed by atoms with Crippen LogP contribution in [0.1, 0.15) is 36.0 Å². The van der Waals surface area contributed by atoms with E-state index in [2.05, 4.69) is 36.5 Å². The van der Waals surface area contributed by atoms with E-state index in [1.807, 2.05) is 31.3 Å². The number of likely N-dealkylation sites (tertiary alicyclic amines) is 1. The molecule has 1 heterocycles. The number of aliphatic imine (C=N–C) groups is 1. The lowest BCUT2D eigenvalue weighted by molar-refractivity contribution is 0.0954. The lowest BCUT2D eigenvalue weighted by Gasteiger charge is -2.22. The molecule has 0 radical (unpaired) electrons. The van der Waals surface area contributed by atoms with Gasteiger partial charge in [-0.2, -0.15) is 0 Å². The minimum absolute atomic E-state index is 0. The van der Waals surface area contributed by atoms with Crippen molar-refractivity contribution in [2.24, 2.45) is 16.8 Å². The molecule has 2 N–H and O–H groups in total. The van der Waals surface area contributed by atoms with Gasteiger partial charge in [0.25, 0.3) is 5.91 Å². The molecular weight excluding hydrogens is 507 g/mol. The molecule has 2 aliphatic rings. The molecule has 1 aromatic rings. The van der Waals surface area contributed by atoms with Crippen LogP contribution in [0.2, 0.25) is 0 Å². The Kier molecular flexibility index (Phi) is 8.66. The number of hydrogen-bond acceptors (Lipinski definition) is 2. The van der Waals surface area contributed by atoms with Crippen molar-refractivity contribution in [2.75, 3.05) is 33.2 Å². The number of halogens is 2. The van der Waals surface area contributed by atoms with E-state index in [1.165, 1.54) is 25.7 Å². The van der Waals surface area contributed by atoms with Crippen LogP contribution < -0.4 is 10.6 Å². The smallest absolute Gasteiger partial charge is 0.251 e. The van der Waals surface area contributed by atoms with E-state index >= 15 is 0 Å². The van der Waals surface area contributed by atoms with Crippen LogP contribution >= 0.6 is 39.9 Å². The molecule has 2 unspecified atom stereocenters. The third-order valence-electron chi connectivity index (χ3n) is 5.27. The quantitative estimate of drug-likeness (QED) is 0.269. The fourth-order valence-electron chi connectivity index (χ4n) is 3.99. The highest BCUT2D eigenvalue weighted by atomic mass is 127. The summed E-state index contributed by atoms with van der Waals surface area (Å²) in [4.78, 5) is 19.0. The zero-order valence-corrected chi connectivity index (χ0v) is 19.1. The second kappa shape index (κ2) is 10.5. The Morgan fingerprint density at radius 2 is 1.85 bits per heavy atom. The zero-order valence-electron chi connectivity index (χ0n) is 15.2. The molecule has 1 aromatic carbocycles. The van der Waals surface area contributed by atoms with Gasteiger partial charge < -0.3 is 15.5 Å². The molecular formula is C19H28BrIN4O. The van der Waals surface area contributed by atoms with Gasteiger partial charge in [-0.25, -0.2) is 0 Å². The maximum Gasteiger partial charge on any atom is 0.251 e. The number of amides is 1. The fourth-order valence-corrected chi connectivity index (χ4v) is 4.39. The summed E-state index contributed by atoms with van der Waals surface area (Å²) < 4.78 is 0.911. The number of nitrogens with zero attached hydrogens (tertiary/aromatic N) is 2. The van der Waals surface area contributed by atoms with E-state index in [-0.39, 0.29) is 29.9 Å². The van der Waals surface area contributed by atoms with Crippen molar-refractivity contribution in [3.05, 3.63) is 34.3 Å². The lowest BCUT2D eigenvalue weighted by Crippen LogP contribution is -2.43. The van der Waals surface area contributed by atoms with E-state index < -0.39 is 0 Å². The van der Waals surface area contributed by atoms with Crippen molar-refractivity contribution in [3.8, 4) is 0 Å². The molecule has 144 valence electrons. The summed E-state index contributed by atoms with van der Waals surface area (Å²) in [6, 6.07) is 7.42. The van der Waals surface area contributed by atoms with Crippen molar-refractivity contribution < 1.29 is 4.79 Å². The SMILES string of the molecule is CN=C(NCCNC(=O)c1cccc(Br)c1)N1CC2CCCCC2C1.I. The largest absolute Gasteiger partial charge is 0.354 e. The standard InChI is InChI=1S/C19H27BrN4O.HI/c1-21-19(24-12-15-5-2-3-6-16(15)13-24)23-10-9-22-18(25)14-7-4-8-17(20)11-14;/h4,7-8,11,15-16H,2-3,5-6,9-10,12-13H2,1H3,(H,21,23)(H,22,25);1H. The summed E-state index contributed by atoms with van der Waals surface area (Å²) in [5.41, 5.74) is 0.669. The van der Waals surface area contributed by atoms with Crippen molar-refractivity contribution in [1.82, 2.24) is 15.5 Å².